The summed E-state index contributed by atoms with van der Waals surface area (Å²) in [5, 5.41) is 3.06. The number of hydrogen-bond acceptors (Lipinski definition) is 4. The van der Waals surface area contributed by atoms with E-state index in [1.54, 1.807) is 0 Å². The molecule has 5 rings (SSSR count). The van der Waals surface area contributed by atoms with Crippen molar-refractivity contribution in [1.82, 2.24) is 10.2 Å². The minimum Gasteiger partial charge on any atom is -0.339 e. The maximum atomic E-state index is 13.0. The Labute approximate surface area is 200 Å². The highest BCUT2D eigenvalue weighted by Gasteiger charge is 2.50. The summed E-state index contributed by atoms with van der Waals surface area (Å²) in [6, 6.07) is 30.4. The number of likely N-dealkylation sites (tertiary alicyclic amines) is 1. The highest BCUT2D eigenvalue weighted by atomic mass is 16.2. The van der Waals surface area contributed by atoms with Crippen molar-refractivity contribution in [2.24, 2.45) is 0 Å². The van der Waals surface area contributed by atoms with Gasteiger partial charge in [0.1, 0.15) is 11.5 Å². The molecule has 5 heteroatoms. The number of anilines is 1. The Morgan fingerprint density at radius 3 is 1.91 bits per heavy atom. The second-order valence-corrected chi connectivity index (χ2v) is 9.12. The summed E-state index contributed by atoms with van der Waals surface area (Å²) < 4.78 is 0. The highest BCUT2D eigenvalue weighted by Crippen LogP contribution is 2.37. The van der Waals surface area contributed by atoms with Gasteiger partial charge in [0.2, 0.25) is 5.91 Å². The number of benzene rings is 3. The van der Waals surface area contributed by atoms with Gasteiger partial charge in [0.15, 0.2) is 0 Å². The maximum Gasteiger partial charge on any atom is 0.247 e. The Morgan fingerprint density at radius 2 is 1.38 bits per heavy atom. The van der Waals surface area contributed by atoms with E-state index in [4.69, 9.17) is 0 Å². The van der Waals surface area contributed by atoms with Crippen LogP contribution in [0.2, 0.25) is 0 Å². The van der Waals surface area contributed by atoms with E-state index in [-0.39, 0.29) is 11.8 Å². The third-order valence-corrected chi connectivity index (χ3v) is 7.23. The number of carbonyl (C=O) groups excluding carboxylic acids is 2. The zero-order chi connectivity index (χ0) is 23.4. The fourth-order valence-electron chi connectivity index (χ4n) is 5.42. The Hall–Kier alpha value is -3.66. The van der Waals surface area contributed by atoms with Crippen molar-refractivity contribution < 1.29 is 9.59 Å². The first-order valence-electron chi connectivity index (χ1n) is 11.9. The number of carbonyl (C=O) groups is 1. The molecule has 34 heavy (non-hydrogen) atoms. The van der Waals surface area contributed by atoms with Crippen molar-refractivity contribution in [3.8, 4) is 0 Å². The van der Waals surface area contributed by atoms with Crippen molar-refractivity contribution in [1.29, 1.82) is 0 Å². The molecule has 0 saturated carbocycles. The van der Waals surface area contributed by atoms with E-state index in [1.165, 1.54) is 0 Å². The van der Waals surface area contributed by atoms with Crippen molar-refractivity contribution in [2.45, 2.75) is 24.3 Å². The van der Waals surface area contributed by atoms with Gasteiger partial charge < -0.3 is 10.2 Å². The van der Waals surface area contributed by atoms with Crippen LogP contribution in [0.25, 0.3) is 0 Å². The number of nitrogens with zero attached hydrogens (tertiary/aromatic N) is 2. The van der Waals surface area contributed by atoms with Crippen LogP contribution in [0.5, 0.6) is 0 Å². The topological polar surface area (TPSA) is 52.7 Å². The highest BCUT2D eigenvalue weighted by molar-refractivity contribution is 5.93. The van der Waals surface area contributed by atoms with Crippen molar-refractivity contribution >= 4 is 17.5 Å². The third kappa shape index (κ3) is 4.16. The molecule has 0 atom stereocenters. The minimum absolute atomic E-state index is 0.105. The van der Waals surface area contributed by atoms with Crippen LogP contribution in [0.4, 0.5) is 5.69 Å². The van der Waals surface area contributed by atoms with Crippen LogP contribution >= 0.6 is 0 Å². The third-order valence-electron chi connectivity index (χ3n) is 7.23. The minimum atomic E-state index is -0.527. The standard InChI is InChI=1S/C29H29N3O2/c33-21-25(27(23-10-4-1-5-11-23)24-12-6-2-7-13-24)20-31-18-16-29(17-19-31)28(34)30-22-32(29)26-14-8-3-9-15-26/h1-15,27H,16-20,22H2,(H,30,34). The molecular formula is C29H29N3O2. The second kappa shape index (κ2) is 9.68. The van der Waals surface area contributed by atoms with Gasteiger partial charge in [0, 0.05) is 36.8 Å². The SMILES string of the molecule is O=C=C(CN1CCC2(CC1)C(=O)NCN2c1ccccc1)C(c1ccccc1)c1ccccc1. The molecule has 2 saturated heterocycles. The number of amides is 1. The van der Waals surface area contributed by atoms with E-state index in [0.29, 0.717) is 13.2 Å². The largest absolute Gasteiger partial charge is 0.339 e. The maximum absolute atomic E-state index is 13.0. The molecule has 1 amide bonds. The molecule has 0 bridgehead atoms. The summed E-state index contributed by atoms with van der Waals surface area (Å²) >= 11 is 0. The summed E-state index contributed by atoms with van der Waals surface area (Å²) in [5.41, 5.74) is 3.44. The molecule has 2 fully saturated rings. The number of para-hydroxylation sites is 1. The fourth-order valence-corrected chi connectivity index (χ4v) is 5.42. The van der Waals surface area contributed by atoms with Gasteiger partial charge in [0.05, 0.1) is 6.67 Å². The molecule has 3 aromatic carbocycles. The predicted octanol–water partition coefficient (Wildman–Crippen LogP) is 4.01. The zero-order valence-electron chi connectivity index (χ0n) is 19.2. The average Bonchev–Trinajstić information content (AvgIpc) is 3.21. The van der Waals surface area contributed by atoms with Gasteiger partial charge in [-0.05, 0) is 36.1 Å². The van der Waals surface area contributed by atoms with Crippen LogP contribution in [-0.4, -0.2) is 48.6 Å². The molecule has 0 aromatic heterocycles. The van der Waals surface area contributed by atoms with Crippen molar-refractivity contribution in [2.75, 3.05) is 31.2 Å². The lowest BCUT2D eigenvalue weighted by atomic mass is 9.83. The Balaban J connectivity index is 1.35. The van der Waals surface area contributed by atoms with E-state index in [9.17, 15) is 9.59 Å². The van der Waals surface area contributed by atoms with Crippen LogP contribution < -0.4 is 10.2 Å². The summed E-state index contributed by atoms with van der Waals surface area (Å²) in [5.74, 6) is 2.26. The molecule has 3 aromatic rings. The number of rotatable bonds is 6. The second-order valence-electron chi connectivity index (χ2n) is 9.12. The van der Waals surface area contributed by atoms with Gasteiger partial charge in [0.25, 0.3) is 0 Å². The first-order valence-corrected chi connectivity index (χ1v) is 11.9. The van der Waals surface area contributed by atoms with Crippen molar-refractivity contribution in [3.63, 3.8) is 0 Å². The normalized spacial score (nSPS) is 17.6. The molecule has 1 N–H and O–H groups in total. The van der Waals surface area contributed by atoms with Crippen LogP contribution in [-0.2, 0) is 9.59 Å². The van der Waals surface area contributed by atoms with Crippen LogP contribution in [0.3, 0.4) is 0 Å². The van der Waals surface area contributed by atoms with E-state index in [1.807, 2.05) is 54.6 Å². The number of piperidine rings is 1. The summed E-state index contributed by atoms with van der Waals surface area (Å²) in [6.45, 7) is 2.57. The lowest BCUT2D eigenvalue weighted by Gasteiger charge is -2.43. The average molecular weight is 452 g/mol. The fraction of sp³-hybridized carbons (Fsp3) is 0.276. The van der Waals surface area contributed by atoms with Gasteiger partial charge in [-0.15, -0.1) is 0 Å². The molecular weight excluding hydrogens is 422 g/mol. The Kier molecular flexibility index (Phi) is 6.31. The van der Waals surface area contributed by atoms with E-state index in [2.05, 4.69) is 57.5 Å². The quantitative estimate of drug-likeness (QED) is 0.576. The van der Waals surface area contributed by atoms with Gasteiger partial charge in [-0.25, -0.2) is 4.79 Å². The van der Waals surface area contributed by atoms with Crippen LogP contribution in [0.15, 0.2) is 96.6 Å². The smallest absolute Gasteiger partial charge is 0.247 e. The molecule has 2 heterocycles. The molecule has 0 aliphatic carbocycles. The summed E-state index contributed by atoms with van der Waals surface area (Å²) in [6.07, 6.45) is 1.45. The molecule has 1 spiro atoms. The van der Waals surface area contributed by atoms with Crippen LogP contribution in [0.1, 0.15) is 29.9 Å². The zero-order valence-corrected chi connectivity index (χ0v) is 19.2. The molecule has 0 radical (unpaired) electrons. The lowest BCUT2D eigenvalue weighted by Crippen LogP contribution is -2.56. The Morgan fingerprint density at radius 1 is 0.853 bits per heavy atom. The predicted molar refractivity (Wildman–Crippen MR) is 134 cm³/mol. The monoisotopic (exact) mass is 451 g/mol. The number of nitrogens with one attached hydrogen (secondary N) is 1. The Bertz CT molecular complexity index is 1130. The molecule has 2 aliphatic rings. The first-order chi connectivity index (χ1) is 16.7. The summed E-state index contributed by atoms with van der Waals surface area (Å²) in [7, 11) is 0. The number of hydrogen-bond donors (Lipinski definition) is 1. The van der Waals surface area contributed by atoms with E-state index >= 15 is 0 Å². The van der Waals surface area contributed by atoms with Crippen LogP contribution in [0, 0.1) is 0 Å². The molecule has 172 valence electrons. The van der Waals surface area contributed by atoms with Gasteiger partial charge in [-0.2, -0.15) is 0 Å². The van der Waals surface area contributed by atoms with E-state index in [0.717, 1.165) is 48.3 Å². The van der Waals surface area contributed by atoms with Gasteiger partial charge in [-0.3, -0.25) is 9.69 Å². The van der Waals surface area contributed by atoms with Gasteiger partial charge in [-0.1, -0.05) is 78.9 Å². The van der Waals surface area contributed by atoms with Crippen molar-refractivity contribution in [3.05, 3.63) is 108 Å². The van der Waals surface area contributed by atoms with Gasteiger partial charge >= 0.3 is 0 Å². The molecule has 0 unspecified atom stereocenters. The first kappa shape index (κ1) is 22.1. The van der Waals surface area contributed by atoms with E-state index < -0.39 is 5.54 Å². The molecule has 2 aliphatic heterocycles. The lowest BCUT2D eigenvalue weighted by molar-refractivity contribution is -0.125. The summed E-state index contributed by atoms with van der Waals surface area (Å²) in [4.78, 5) is 29.7. The molecule has 5 nitrogen and oxygen atoms in total.